The largest absolute Gasteiger partial charge is 0.472 e. The number of hydrogen-bond acceptors (Lipinski definition) is 20. The number of aryl methyl sites for hydroxylation is 3. The van der Waals surface area contributed by atoms with Crippen LogP contribution >= 0.6 is 0 Å². The molecule has 3 saturated heterocycles. The lowest BCUT2D eigenvalue weighted by Crippen LogP contribution is -2.49. The van der Waals surface area contributed by atoms with Gasteiger partial charge in [0.15, 0.2) is 11.6 Å². The van der Waals surface area contributed by atoms with Crippen molar-refractivity contribution in [2.75, 3.05) is 19.6 Å². The summed E-state index contributed by atoms with van der Waals surface area (Å²) in [7, 11) is 0. The van der Waals surface area contributed by atoms with Gasteiger partial charge in [0.2, 0.25) is 23.5 Å². The van der Waals surface area contributed by atoms with E-state index in [1.807, 2.05) is 27.7 Å². The number of hydrogen-bond donors (Lipinski definition) is 0. The number of nitriles is 3. The first-order valence-corrected chi connectivity index (χ1v) is 30.8. The Hall–Kier alpha value is -11.5. The molecule has 6 atom stereocenters. The lowest BCUT2D eigenvalue weighted by atomic mass is 9.98. The first kappa shape index (κ1) is 62.7. The van der Waals surface area contributed by atoms with Crippen LogP contribution in [0.15, 0.2) is 110 Å². The van der Waals surface area contributed by atoms with Crippen LogP contribution < -0.4 is 18.9 Å². The van der Waals surface area contributed by atoms with E-state index < -0.39 is 30.0 Å². The number of benzene rings is 2. The van der Waals surface area contributed by atoms with Gasteiger partial charge in [-0.15, -0.1) is 14.7 Å². The van der Waals surface area contributed by atoms with Crippen LogP contribution in [0.4, 0.5) is 4.39 Å². The molecule has 7 aromatic heterocycles. The molecular weight excluding hydrogens is 1200 g/mol. The molecule has 2 aromatic carbocycles. The minimum atomic E-state index is -0.724. The molecule has 10 heterocycles. The maximum absolute atomic E-state index is 16.2. The van der Waals surface area contributed by atoms with Gasteiger partial charge in [0.1, 0.15) is 71.2 Å². The monoisotopic (exact) mass is 1270 g/mol. The van der Waals surface area contributed by atoms with Gasteiger partial charge in [0.05, 0.1) is 72.5 Å². The average molecular weight is 1270 g/mol. The molecule has 0 saturated carbocycles. The first-order chi connectivity index (χ1) is 45.5. The SMILES string of the molecule is Cc1ccnc(OC2CCC(C)N(C(=O)c3cc(Cc4cnn(-c5c(F)cccc5C(=O)N5CC(Oc6nccc(C)c6C#N)CCC5C)n4)ccc3-n3ncc(COc4ccc(C(=O)N5CC(Oc6nccc(C)c6C#N)CCC5C)c(-n5nccn5)n4)n3)C2)c1C#N. The van der Waals surface area contributed by atoms with E-state index in [-0.39, 0.29) is 114 Å². The fourth-order valence-electron chi connectivity index (χ4n) is 12.0. The van der Waals surface area contributed by atoms with Crippen LogP contribution in [0.5, 0.6) is 23.5 Å². The number of nitrogens with zero attached hydrogens (tertiary/aromatic N) is 19. The summed E-state index contributed by atoms with van der Waals surface area (Å²) in [6.45, 7) is 11.7. The Balaban J connectivity index is 0.798. The van der Waals surface area contributed by atoms with Gasteiger partial charge in [0, 0.05) is 49.2 Å². The number of pyridine rings is 4. The van der Waals surface area contributed by atoms with Crippen molar-refractivity contribution in [2.45, 2.75) is 130 Å². The van der Waals surface area contributed by atoms with Gasteiger partial charge in [-0.3, -0.25) is 14.4 Å². The standard InChI is InChI=1S/C67H64FN19O7/c1-39-20-23-72-62(54(39)30-69)92-48-14-10-42(4)82(35-48)65(88)51-8-7-9-57(68)60(51)86-78-33-46(80-86)28-45-13-18-58(53(29-45)67(90)84-37-50(16-12-44(84)6)94-64-56(32-71)41(3)22-25-74-64)85-77-34-47(81-85)38-91-59-19-17-52(61(79-59)87-75-26-27-76-87)66(89)83-36-49(15-11-43(83)5)93-63-55(31-70)40(2)21-24-73-63/h7-9,13,17-27,29,33-34,42-44,48-50H,10-12,14-16,28,35-38H2,1-6H3. The third-order valence-corrected chi connectivity index (χ3v) is 17.3. The van der Waals surface area contributed by atoms with Crippen molar-refractivity contribution in [2.24, 2.45) is 0 Å². The second-order valence-electron chi connectivity index (χ2n) is 23.7. The molecule has 3 aliphatic rings. The van der Waals surface area contributed by atoms with Gasteiger partial charge in [0.25, 0.3) is 17.7 Å². The lowest BCUT2D eigenvalue weighted by Gasteiger charge is -2.38. The lowest BCUT2D eigenvalue weighted by molar-refractivity contribution is 0.0368. The Morgan fingerprint density at radius 1 is 0.543 bits per heavy atom. The van der Waals surface area contributed by atoms with Gasteiger partial charge in [-0.25, -0.2) is 19.3 Å². The number of ether oxygens (including phenoxy) is 4. The molecule has 94 heavy (non-hydrogen) atoms. The number of amides is 3. The zero-order valence-corrected chi connectivity index (χ0v) is 52.4. The predicted octanol–water partition coefficient (Wildman–Crippen LogP) is 8.07. The Kier molecular flexibility index (Phi) is 18.1. The van der Waals surface area contributed by atoms with Crippen molar-refractivity contribution in [1.82, 2.24) is 79.6 Å². The summed E-state index contributed by atoms with van der Waals surface area (Å²) in [6.07, 6.45) is 13.0. The summed E-state index contributed by atoms with van der Waals surface area (Å²) >= 11 is 0. The van der Waals surface area contributed by atoms with E-state index >= 15 is 9.18 Å². The van der Waals surface area contributed by atoms with Crippen molar-refractivity contribution >= 4 is 17.7 Å². The van der Waals surface area contributed by atoms with Crippen molar-refractivity contribution in [3.63, 3.8) is 0 Å². The molecule has 26 nitrogen and oxygen atoms in total. The normalized spacial score (nSPS) is 18.7. The van der Waals surface area contributed by atoms with Crippen LogP contribution in [0, 0.1) is 60.6 Å². The number of halogens is 1. The van der Waals surface area contributed by atoms with E-state index in [1.165, 1.54) is 52.6 Å². The smallest absolute Gasteiger partial charge is 0.258 e. The molecule has 0 aliphatic carbocycles. The number of para-hydroxylation sites is 1. The highest BCUT2D eigenvalue weighted by Crippen LogP contribution is 2.33. The minimum absolute atomic E-state index is 0.0331. The zero-order valence-electron chi connectivity index (χ0n) is 52.4. The van der Waals surface area contributed by atoms with E-state index in [9.17, 15) is 25.4 Å². The number of piperidine rings is 3. The molecule has 9 aromatic rings. The fourth-order valence-corrected chi connectivity index (χ4v) is 12.0. The summed E-state index contributed by atoms with van der Waals surface area (Å²) in [4.78, 5) is 70.8. The number of carbonyl (C=O) groups excluding carboxylic acids is 3. The van der Waals surface area contributed by atoms with Crippen LogP contribution in [-0.2, 0) is 13.0 Å². The minimum Gasteiger partial charge on any atom is -0.472 e. The molecule has 0 spiro atoms. The highest BCUT2D eigenvalue weighted by Gasteiger charge is 2.37. The second-order valence-corrected chi connectivity index (χ2v) is 23.7. The van der Waals surface area contributed by atoms with Crippen molar-refractivity contribution in [3.8, 4) is 58.9 Å². The van der Waals surface area contributed by atoms with Crippen LogP contribution in [0.2, 0.25) is 0 Å². The van der Waals surface area contributed by atoms with Crippen LogP contribution in [0.3, 0.4) is 0 Å². The maximum Gasteiger partial charge on any atom is 0.258 e. The van der Waals surface area contributed by atoms with Gasteiger partial charge >= 0.3 is 0 Å². The van der Waals surface area contributed by atoms with Gasteiger partial charge in [-0.1, -0.05) is 12.1 Å². The summed E-state index contributed by atoms with van der Waals surface area (Å²) < 4.78 is 41.2. The molecule has 0 bridgehead atoms. The molecule has 476 valence electrons. The van der Waals surface area contributed by atoms with Gasteiger partial charge < -0.3 is 33.6 Å². The van der Waals surface area contributed by atoms with Crippen molar-refractivity contribution < 1.29 is 37.7 Å². The maximum atomic E-state index is 16.2. The number of rotatable bonds is 17. The van der Waals surface area contributed by atoms with E-state index in [0.29, 0.717) is 89.0 Å². The molecule has 3 amide bonds. The Bertz CT molecular complexity index is 4480. The van der Waals surface area contributed by atoms with Gasteiger partial charge in [-0.05, 0) is 151 Å². The van der Waals surface area contributed by atoms with E-state index in [2.05, 4.69) is 53.6 Å². The van der Waals surface area contributed by atoms with E-state index in [0.717, 1.165) is 10.4 Å². The van der Waals surface area contributed by atoms with E-state index in [4.69, 9.17) is 34.1 Å². The van der Waals surface area contributed by atoms with Crippen LogP contribution in [-0.4, -0.2) is 153 Å². The molecule has 27 heteroatoms. The number of likely N-dealkylation sites (tertiary alicyclic amines) is 3. The zero-order chi connectivity index (χ0) is 65.7. The molecule has 0 radical (unpaired) electrons. The first-order valence-electron chi connectivity index (χ1n) is 30.8. The third kappa shape index (κ3) is 13.0. The Labute approximate surface area is 539 Å². The summed E-state index contributed by atoms with van der Waals surface area (Å²) in [5.41, 5.74) is 5.17. The molecule has 12 rings (SSSR count). The number of aromatic nitrogens is 13. The fraction of sp³-hybridized carbons (Fsp3) is 0.343. The van der Waals surface area contributed by atoms with Crippen molar-refractivity contribution in [1.29, 1.82) is 15.8 Å². The highest BCUT2D eigenvalue weighted by atomic mass is 19.1. The van der Waals surface area contributed by atoms with Crippen molar-refractivity contribution in [3.05, 3.63) is 183 Å². The highest BCUT2D eigenvalue weighted by molar-refractivity contribution is 5.99. The molecular formula is C67H64FN19O7. The second kappa shape index (κ2) is 27.1. The van der Waals surface area contributed by atoms with Gasteiger partial charge in [-0.2, -0.15) is 51.1 Å². The molecule has 3 fully saturated rings. The quantitative estimate of drug-likeness (QED) is 0.0831. The van der Waals surface area contributed by atoms with Crippen LogP contribution in [0.1, 0.15) is 141 Å². The Morgan fingerprint density at radius 3 is 1.56 bits per heavy atom. The topological polar surface area (TPSA) is 313 Å². The third-order valence-electron chi connectivity index (χ3n) is 17.3. The summed E-state index contributed by atoms with van der Waals surface area (Å²) in [6, 6.07) is 23.7. The number of carbonyl (C=O) groups is 3. The average Bonchev–Trinajstić information content (AvgIpc) is 1.33. The van der Waals surface area contributed by atoms with Crippen LogP contribution in [0.25, 0.3) is 17.2 Å². The predicted molar refractivity (Wildman–Crippen MR) is 332 cm³/mol. The summed E-state index contributed by atoms with van der Waals surface area (Å²) in [5, 5.41) is 56.8. The molecule has 3 aliphatic heterocycles. The van der Waals surface area contributed by atoms with E-state index in [1.54, 1.807) is 95.7 Å². The molecule has 6 unspecified atom stereocenters. The molecule has 0 N–H and O–H groups in total. The Morgan fingerprint density at radius 2 is 1.03 bits per heavy atom. The summed E-state index contributed by atoms with van der Waals surface area (Å²) in [5.74, 6) is -1.03.